The van der Waals surface area contributed by atoms with Crippen molar-refractivity contribution < 1.29 is 19.5 Å². The van der Waals surface area contributed by atoms with E-state index >= 15 is 0 Å². The van der Waals surface area contributed by atoms with Crippen LogP contribution in [0.5, 0.6) is 0 Å². The number of thioether (sulfide) groups is 1. The van der Waals surface area contributed by atoms with Crippen LogP contribution in [0.15, 0.2) is 41.6 Å². The number of amides is 2. The molecule has 0 unspecified atom stereocenters. The number of hydrogen-bond acceptors (Lipinski definition) is 7. The molecule has 8 nitrogen and oxygen atoms in total. The third kappa shape index (κ3) is 4.85. The summed E-state index contributed by atoms with van der Waals surface area (Å²) in [6, 6.07) is 5.56. The van der Waals surface area contributed by atoms with Gasteiger partial charge in [0.2, 0.25) is 11.8 Å². The Balaban J connectivity index is 1.90. The highest BCUT2D eigenvalue weighted by molar-refractivity contribution is 8.15. The van der Waals surface area contributed by atoms with Crippen molar-refractivity contribution in [3.8, 4) is 0 Å². The Kier molecular flexibility index (Phi) is 5.59. The first-order chi connectivity index (χ1) is 11.3. The second-order valence-corrected chi connectivity index (χ2v) is 6.21. The Labute approximate surface area is 142 Å². The molecule has 0 bridgehead atoms. The molecule has 1 fully saturated rings. The summed E-state index contributed by atoms with van der Waals surface area (Å²) in [6.45, 7) is 5.35. The first-order valence-electron chi connectivity index (χ1n) is 6.93. The second-order valence-electron chi connectivity index (χ2n) is 5.02. The maximum absolute atomic E-state index is 12.0. The van der Waals surface area contributed by atoms with Crippen LogP contribution in [0.1, 0.15) is 23.7 Å². The van der Waals surface area contributed by atoms with Gasteiger partial charge in [-0.25, -0.2) is 0 Å². The van der Waals surface area contributed by atoms with Crippen molar-refractivity contribution in [2.75, 3.05) is 5.32 Å². The molecule has 0 radical (unpaired) electrons. The maximum atomic E-state index is 12.0. The fourth-order valence-electron chi connectivity index (χ4n) is 1.81. The number of amidine groups is 1. The lowest BCUT2D eigenvalue weighted by molar-refractivity contribution is -0.255. The van der Waals surface area contributed by atoms with Crippen molar-refractivity contribution in [1.29, 1.82) is 0 Å². The minimum absolute atomic E-state index is 0.0181. The molecule has 2 rings (SSSR count). The predicted octanol–water partition coefficient (Wildman–Crippen LogP) is 0.00450. The van der Waals surface area contributed by atoms with Crippen LogP contribution in [0.25, 0.3) is 0 Å². The van der Waals surface area contributed by atoms with Crippen molar-refractivity contribution >= 4 is 40.4 Å². The minimum atomic E-state index is -1.29. The van der Waals surface area contributed by atoms with Crippen molar-refractivity contribution in [2.45, 2.75) is 18.6 Å². The molecule has 1 aromatic carbocycles. The van der Waals surface area contributed by atoms with Crippen LogP contribution in [0.2, 0.25) is 0 Å². The molecule has 1 aromatic rings. The van der Waals surface area contributed by atoms with E-state index < -0.39 is 11.2 Å². The van der Waals surface area contributed by atoms with Gasteiger partial charge in [0.1, 0.15) is 5.25 Å². The molecule has 1 atom stereocenters. The normalized spacial score (nSPS) is 18.1. The number of carbonyl (C=O) groups excluding carboxylic acids is 3. The molecule has 0 saturated carbocycles. The van der Waals surface area contributed by atoms with Crippen molar-refractivity contribution in [1.82, 2.24) is 10.7 Å². The lowest BCUT2D eigenvalue weighted by Crippen LogP contribution is -2.28. The summed E-state index contributed by atoms with van der Waals surface area (Å²) in [5.41, 5.74) is 3.72. The number of anilines is 1. The van der Waals surface area contributed by atoms with Gasteiger partial charge in [-0.15, -0.1) is 0 Å². The van der Waals surface area contributed by atoms with Gasteiger partial charge in [-0.1, -0.05) is 30.5 Å². The smallest absolute Gasteiger partial charge is 0.240 e. The Morgan fingerprint density at radius 3 is 2.62 bits per heavy atom. The number of rotatable bonds is 6. The van der Waals surface area contributed by atoms with Crippen LogP contribution >= 0.6 is 11.8 Å². The number of carboxylic acids is 1. The molecule has 1 saturated heterocycles. The van der Waals surface area contributed by atoms with Crippen LogP contribution in [0.4, 0.5) is 5.69 Å². The number of nitrogens with one attached hydrogen (secondary N) is 3. The Hall–Kier alpha value is -2.81. The van der Waals surface area contributed by atoms with E-state index in [1.54, 1.807) is 6.92 Å². The number of aromatic carboxylic acids is 1. The number of allylic oxidation sites excluding steroid dienone is 1. The zero-order valence-corrected chi connectivity index (χ0v) is 13.6. The zero-order chi connectivity index (χ0) is 17.7. The number of carbonyl (C=O) groups is 3. The van der Waals surface area contributed by atoms with E-state index in [1.165, 1.54) is 24.3 Å². The summed E-state index contributed by atoms with van der Waals surface area (Å²) < 4.78 is 0. The van der Waals surface area contributed by atoms with Crippen molar-refractivity contribution in [2.24, 2.45) is 5.10 Å². The molecule has 0 aromatic heterocycles. The molecule has 9 heteroatoms. The number of nitrogens with zero attached hydrogens (tertiary/aromatic N) is 1. The summed E-state index contributed by atoms with van der Waals surface area (Å²) in [5.74, 6) is -1.95. The molecular formula is C15H15N4O4S-. The highest BCUT2D eigenvalue weighted by Gasteiger charge is 2.32. The molecule has 0 aliphatic carbocycles. The molecule has 0 spiro atoms. The van der Waals surface area contributed by atoms with Gasteiger partial charge in [-0.05, 0) is 24.6 Å². The molecular weight excluding hydrogens is 332 g/mol. The quantitative estimate of drug-likeness (QED) is 0.623. The predicted molar refractivity (Wildman–Crippen MR) is 88.9 cm³/mol. The Morgan fingerprint density at radius 2 is 2.04 bits per heavy atom. The van der Waals surface area contributed by atoms with E-state index in [0.717, 1.165) is 11.8 Å². The largest absolute Gasteiger partial charge is 0.545 e. The molecule has 1 heterocycles. The monoisotopic (exact) mass is 347 g/mol. The van der Waals surface area contributed by atoms with Gasteiger partial charge in [0.05, 0.1) is 5.97 Å². The molecule has 126 valence electrons. The highest BCUT2D eigenvalue weighted by atomic mass is 32.2. The average Bonchev–Trinajstić information content (AvgIpc) is 2.85. The third-order valence-corrected chi connectivity index (χ3v) is 3.98. The average molecular weight is 347 g/mol. The van der Waals surface area contributed by atoms with Crippen LogP contribution < -0.4 is 21.2 Å². The summed E-state index contributed by atoms with van der Waals surface area (Å²) >= 11 is 1.14. The van der Waals surface area contributed by atoms with Gasteiger partial charge in [-0.3, -0.25) is 15.0 Å². The summed E-state index contributed by atoms with van der Waals surface area (Å²) in [7, 11) is 0. The fraction of sp³-hybridized carbons (Fsp3) is 0.200. The molecule has 3 N–H and O–H groups in total. The van der Waals surface area contributed by atoms with Crippen LogP contribution in [0, 0.1) is 0 Å². The van der Waals surface area contributed by atoms with E-state index in [9.17, 15) is 19.5 Å². The second kappa shape index (κ2) is 7.64. The zero-order valence-electron chi connectivity index (χ0n) is 12.8. The van der Waals surface area contributed by atoms with Gasteiger partial charge in [0.25, 0.3) is 0 Å². The molecule has 1 aliphatic rings. The first-order valence-corrected chi connectivity index (χ1v) is 7.81. The first kappa shape index (κ1) is 17.5. The summed E-state index contributed by atoms with van der Waals surface area (Å²) in [6.07, 6.45) is -0.0369. The number of hydrogen-bond donors (Lipinski definition) is 3. The van der Waals surface area contributed by atoms with Crippen LogP contribution in [-0.2, 0) is 9.59 Å². The number of benzene rings is 1. The van der Waals surface area contributed by atoms with Crippen molar-refractivity contribution in [3.63, 3.8) is 0 Å². The van der Waals surface area contributed by atoms with E-state index in [2.05, 4.69) is 27.7 Å². The van der Waals surface area contributed by atoms with Gasteiger partial charge in [-0.2, -0.15) is 5.10 Å². The van der Waals surface area contributed by atoms with Crippen molar-refractivity contribution in [3.05, 3.63) is 42.1 Å². The van der Waals surface area contributed by atoms with Gasteiger partial charge in [0.15, 0.2) is 5.17 Å². The maximum Gasteiger partial charge on any atom is 0.240 e. The van der Waals surface area contributed by atoms with Gasteiger partial charge in [0, 0.05) is 17.8 Å². The summed E-state index contributed by atoms with van der Waals surface area (Å²) in [5, 5.41) is 19.6. The van der Waals surface area contributed by atoms with Gasteiger partial charge < -0.3 is 20.5 Å². The fourth-order valence-corrected chi connectivity index (χ4v) is 2.74. The van der Waals surface area contributed by atoms with E-state index in [1.807, 2.05) is 0 Å². The van der Waals surface area contributed by atoms with E-state index in [4.69, 9.17) is 0 Å². The number of carboxylic acid groups (broad SMARTS) is 1. The van der Waals surface area contributed by atoms with Gasteiger partial charge >= 0.3 is 0 Å². The number of hydrazone groups is 1. The lowest BCUT2D eigenvalue weighted by atomic mass is 10.2. The van der Waals surface area contributed by atoms with Crippen LogP contribution in [-0.4, -0.2) is 28.2 Å². The van der Waals surface area contributed by atoms with Crippen LogP contribution in [0.3, 0.4) is 0 Å². The minimum Gasteiger partial charge on any atom is -0.545 e. The summed E-state index contributed by atoms with van der Waals surface area (Å²) in [4.78, 5) is 34.5. The topological polar surface area (TPSA) is 123 Å². The Bertz CT molecular complexity index is 715. The van der Waals surface area contributed by atoms with E-state index in [0.29, 0.717) is 16.6 Å². The SMILES string of the molecule is C=C(C)N/N=C1\NC(=O)[C@@H](CC(=O)Nc2ccc(C(=O)[O-])cc2)S1. The Morgan fingerprint density at radius 1 is 1.38 bits per heavy atom. The molecule has 2 amide bonds. The third-order valence-electron chi connectivity index (χ3n) is 2.90. The lowest BCUT2D eigenvalue weighted by Gasteiger charge is -2.08. The highest BCUT2D eigenvalue weighted by Crippen LogP contribution is 2.22. The molecule has 1 aliphatic heterocycles. The molecule has 24 heavy (non-hydrogen) atoms. The van der Waals surface area contributed by atoms with E-state index in [-0.39, 0.29) is 23.8 Å². The standard InChI is InChI=1S/C15H16N4O4S/c1-8(2)18-19-15-17-13(21)11(24-15)7-12(20)16-10-5-3-9(4-6-10)14(22)23/h3-6,11,18H,1,7H2,2H3,(H,16,20)(H,22,23)(H,17,19,21)/p-1/t11-/m1/s1.